The van der Waals surface area contributed by atoms with Gasteiger partial charge in [0.1, 0.15) is 16.9 Å². The Kier molecular flexibility index (Phi) is 4.94. The Balaban J connectivity index is 1.52. The number of carbonyl (C=O) groups is 2. The lowest BCUT2D eigenvalue weighted by Gasteiger charge is -2.09. The van der Waals surface area contributed by atoms with Gasteiger partial charge >= 0.3 is 5.97 Å². The summed E-state index contributed by atoms with van der Waals surface area (Å²) in [6, 6.07) is 14.6. The third kappa shape index (κ3) is 3.41. The maximum Gasteiger partial charge on any atom is 0.339 e. The summed E-state index contributed by atoms with van der Waals surface area (Å²) in [5.74, 6) is -0.611. The molecule has 0 unspecified atom stereocenters. The molecular formula is C20H16N4O3S. The smallest absolute Gasteiger partial charge is 0.339 e. The van der Waals surface area contributed by atoms with E-state index in [9.17, 15) is 9.59 Å². The zero-order valence-corrected chi connectivity index (χ0v) is 15.7. The molecule has 0 spiro atoms. The Morgan fingerprint density at radius 3 is 2.75 bits per heavy atom. The van der Waals surface area contributed by atoms with Crippen LogP contribution in [-0.2, 0) is 9.53 Å². The zero-order valence-electron chi connectivity index (χ0n) is 14.9. The number of carbonyl (C=O) groups excluding carboxylic acids is 2. The molecule has 2 N–H and O–H groups in total. The van der Waals surface area contributed by atoms with Crippen LogP contribution in [0, 0.1) is 0 Å². The van der Waals surface area contributed by atoms with E-state index in [2.05, 4.69) is 20.3 Å². The Bertz CT molecular complexity index is 1190. The van der Waals surface area contributed by atoms with E-state index in [0.29, 0.717) is 16.3 Å². The topological polar surface area (TPSA) is 97.0 Å². The summed E-state index contributed by atoms with van der Waals surface area (Å²) >= 11 is 1.30. The first-order valence-corrected chi connectivity index (χ1v) is 9.47. The van der Waals surface area contributed by atoms with Crippen molar-refractivity contribution in [2.45, 2.75) is 5.03 Å². The standard InChI is InChI=1S/C20H16N4O3S/c1-27-20(26)13-7-3-5-9-15(13)23-16(25)10-28-19-18-17(21-11-22-19)12-6-2-4-8-14(12)24-18/h2-9,11,24H,10H2,1H3,(H,23,25). The molecule has 0 aliphatic carbocycles. The molecule has 0 fully saturated rings. The van der Waals surface area contributed by atoms with Gasteiger partial charge < -0.3 is 15.0 Å². The van der Waals surface area contributed by atoms with Gasteiger partial charge in [0.15, 0.2) is 0 Å². The fraction of sp³-hybridized carbons (Fsp3) is 0.100. The van der Waals surface area contributed by atoms with Gasteiger partial charge in [0.05, 0.1) is 29.6 Å². The molecule has 4 aromatic rings. The minimum absolute atomic E-state index is 0.136. The number of ether oxygens (including phenoxy) is 1. The summed E-state index contributed by atoms with van der Waals surface area (Å²) in [4.78, 5) is 36.2. The second-order valence-electron chi connectivity index (χ2n) is 5.95. The van der Waals surface area contributed by atoms with Crippen molar-refractivity contribution >= 4 is 51.3 Å². The Labute approximate surface area is 164 Å². The number of aromatic amines is 1. The number of esters is 1. The number of para-hydroxylation sites is 2. The van der Waals surface area contributed by atoms with E-state index < -0.39 is 5.97 Å². The molecule has 28 heavy (non-hydrogen) atoms. The number of amides is 1. The first-order chi connectivity index (χ1) is 13.7. The second-order valence-corrected chi connectivity index (χ2v) is 6.91. The van der Waals surface area contributed by atoms with E-state index in [0.717, 1.165) is 21.9 Å². The number of anilines is 1. The summed E-state index contributed by atoms with van der Waals surface area (Å²) < 4.78 is 4.75. The summed E-state index contributed by atoms with van der Waals surface area (Å²) in [5.41, 5.74) is 3.32. The molecule has 0 atom stereocenters. The lowest BCUT2D eigenvalue weighted by Crippen LogP contribution is -2.17. The lowest BCUT2D eigenvalue weighted by atomic mass is 10.2. The van der Waals surface area contributed by atoms with Crippen molar-refractivity contribution in [2.24, 2.45) is 0 Å². The highest BCUT2D eigenvalue weighted by molar-refractivity contribution is 8.00. The van der Waals surface area contributed by atoms with Crippen LogP contribution in [0.25, 0.3) is 21.9 Å². The molecule has 0 radical (unpaired) electrons. The lowest BCUT2D eigenvalue weighted by molar-refractivity contribution is -0.113. The van der Waals surface area contributed by atoms with Gasteiger partial charge in [-0.1, -0.05) is 42.1 Å². The molecule has 4 rings (SSSR count). The highest BCUT2D eigenvalue weighted by atomic mass is 32.2. The van der Waals surface area contributed by atoms with Crippen molar-refractivity contribution in [3.63, 3.8) is 0 Å². The molecular weight excluding hydrogens is 376 g/mol. The van der Waals surface area contributed by atoms with E-state index in [1.807, 2.05) is 24.3 Å². The molecule has 1 amide bonds. The Morgan fingerprint density at radius 2 is 1.89 bits per heavy atom. The highest BCUT2D eigenvalue weighted by Gasteiger charge is 2.15. The van der Waals surface area contributed by atoms with Crippen molar-refractivity contribution in [3.8, 4) is 0 Å². The van der Waals surface area contributed by atoms with E-state index >= 15 is 0 Å². The van der Waals surface area contributed by atoms with Crippen LogP contribution < -0.4 is 5.32 Å². The first-order valence-electron chi connectivity index (χ1n) is 8.49. The average Bonchev–Trinajstić information content (AvgIpc) is 3.11. The minimum Gasteiger partial charge on any atom is -0.465 e. The number of H-pyrrole nitrogens is 1. The van der Waals surface area contributed by atoms with Crippen LogP contribution in [0.3, 0.4) is 0 Å². The number of aromatic nitrogens is 3. The maximum absolute atomic E-state index is 12.4. The number of thioether (sulfide) groups is 1. The molecule has 140 valence electrons. The fourth-order valence-corrected chi connectivity index (χ4v) is 3.68. The van der Waals surface area contributed by atoms with Crippen LogP contribution in [0.2, 0.25) is 0 Å². The van der Waals surface area contributed by atoms with E-state index in [4.69, 9.17) is 4.74 Å². The molecule has 0 aliphatic rings. The fourth-order valence-electron chi connectivity index (χ4n) is 2.93. The van der Waals surface area contributed by atoms with Crippen LogP contribution in [-0.4, -0.2) is 39.7 Å². The summed E-state index contributed by atoms with van der Waals surface area (Å²) in [6.07, 6.45) is 1.50. The SMILES string of the molecule is COC(=O)c1ccccc1NC(=O)CSc1ncnc2c1[nH]c1ccccc12. The molecule has 2 aromatic heterocycles. The number of benzene rings is 2. The van der Waals surface area contributed by atoms with Crippen molar-refractivity contribution in [2.75, 3.05) is 18.2 Å². The summed E-state index contributed by atoms with van der Waals surface area (Å²) in [6.45, 7) is 0. The molecule has 2 aromatic carbocycles. The molecule has 0 saturated heterocycles. The van der Waals surface area contributed by atoms with Gasteiger partial charge in [-0.25, -0.2) is 14.8 Å². The zero-order chi connectivity index (χ0) is 19.5. The molecule has 8 heteroatoms. The molecule has 2 heterocycles. The van der Waals surface area contributed by atoms with Gasteiger partial charge in [-0.15, -0.1) is 0 Å². The summed E-state index contributed by atoms with van der Waals surface area (Å²) in [7, 11) is 1.30. The molecule has 0 bridgehead atoms. The van der Waals surface area contributed by atoms with Crippen molar-refractivity contribution < 1.29 is 14.3 Å². The number of nitrogens with zero attached hydrogens (tertiary/aromatic N) is 2. The average molecular weight is 392 g/mol. The monoisotopic (exact) mass is 392 g/mol. The molecule has 0 aliphatic heterocycles. The normalized spacial score (nSPS) is 10.9. The number of hydrogen-bond acceptors (Lipinski definition) is 6. The van der Waals surface area contributed by atoms with Crippen molar-refractivity contribution in [1.82, 2.24) is 15.0 Å². The summed E-state index contributed by atoms with van der Waals surface area (Å²) in [5, 5.41) is 4.46. The molecule has 7 nitrogen and oxygen atoms in total. The number of rotatable bonds is 5. The minimum atomic E-state index is -0.501. The van der Waals surface area contributed by atoms with Crippen LogP contribution >= 0.6 is 11.8 Å². The first kappa shape index (κ1) is 18.0. The van der Waals surface area contributed by atoms with Crippen LogP contribution in [0.15, 0.2) is 59.9 Å². The number of fused-ring (bicyclic) bond motifs is 3. The van der Waals surface area contributed by atoms with Gasteiger partial charge in [0.25, 0.3) is 0 Å². The van der Waals surface area contributed by atoms with Gasteiger partial charge in [-0.2, -0.15) is 0 Å². The highest BCUT2D eigenvalue weighted by Crippen LogP contribution is 2.29. The van der Waals surface area contributed by atoms with Crippen molar-refractivity contribution in [1.29, 1.82) is 0 Å². The Morgan fingerprint density at radius 1 is 1.11 bits per heavy atom. The molecule has 0 saturated carbocycles. The van der Waals surface area contributed by atoms with E-state index in [1.54, 1.807) is 24.3 Å². The van der Waals surface area contributed by atoms with Gasteiger partial charge in [-0.3, -0.25) is 4.79 Å². The number of methoxy groups -OCH3 is 1. The second kappa shape index (κ2) is 7.69. The number of nitrogens with one attached hydrogen (secondary N) is 2. The van der Waals surface area contributed by atoms with Gasteiger partial charge in [0, 0.05) is 10.9 Å². The van der Waals surface area contributed by atoms with Crippen LogP contribution in [0.4, 0.5) is 5.69 Å². The van der Waals surface area contributed by atoms with Crippen molar-refractivity contribution in [3.05, 3.63) is 60.4 Å². The largest absolute Gasteiger partial charge is 0.465 e. The predicted molar refractivity (Wildman–Crippen MR) is 109 cm³/mol. The van der Waals surface area contributed by atoms with E-state index in [-0.39, 0.29) is 11.7 Å². The number of hydrogen-bond donors (Lipinski definition) is 2. The Hall–Kier alpha value is -3.39. The van der Waals surface area contributed by atoms with Gasteiger partial charge in [0.2, 0.25) is 5.91 Å². The third-order valence-corrected chi connectivity index (χ3v) is 5.19. The predicted octanol–water partition coefficient (Wildman–Crippen LogP) is 3.63. The van der Waals surface area contributed by atoms with Gasteiger partial charge in [-0.05, 0) is 18.2 Å². The van der Waals surface area contributed by atoms with E-state index in [1.165, 1.54) is 25.2 Å². The van der Waals surface area contributed by atoms with Crippen LogP contribution in [0.1, 0.15) is 10.4 Å². The van der Waals surface area contributed by atoms with Crippen LogP contribution in [0.5, 0.6) is 0 Å². The quantitative estimate of drug-likeness (QED) is 0.306. The third-order valence-electron chi connectivity index (χ3n) is 4.20. The maximum atomic E-state index is 12.4.